The summed E-state index contributed by atoms with van der Waals surface area (Å²) in [6.07, 6.45) is 2.95. The molecule has 0 saturated heterocycles. The van der Waals surface area contributed by atoms with Gasteiger partial charge in [-0.1, -0.05) is 28.1 Å². The Morgan fingerprint density at radius 2 is 2.25 bits per heavy atom. The van der Waals surface area contributed by atoms with Crippen molar-refractivity contribution in [2.75, 3.05) is 20.3 Å². The lowest BCUT2D eigenvalue weighted by molar-refractivity contribution is 0.169. The van der Waals surface area contributed by atoms with Crippen molar-refractivity contribution >= 4 is 15.9 Å². The van der Waals surface area contributed by atoms with Gasteiger partial charge in [0, 0.05) is 24.8 Å². The summed E-state index contributed by atoms with van der Waals surface area (Å²) in [6.45, 7) is 1.02. The summed E-state index contributed by atoms with van der Waals surface area (Å²) in [5.41, 5.74) is 1.27. The first-order valence-electron chi connectivity index (χ1n) is 5.60. The van der Waals surface area contributed by atoms with Crippen LogP contribution < -0.4 is 0 Å². The lowest BCUT2D eigenvalue weighted by atomic mass is 9.96. The van der Waals surface area contributed by atoms with Crippen LogP contribution in [-0.4, -0.2) is 25.4 Å². The number of hydrogen-bond donors (Lipinski definition) is 1. The van der Waals surface area contributed by atoms with Crippen LogP contribution in [-0.2, 0) is 11.2 Å². The van der Waals surface area contributed by atoms with Gasteiger partial charge in [0.05, 0.1) is 0 Å². The Balaban J connectivity index is 2.43. The van der Waals surface area contributed by atoms with Gasteiger partial charge in [-0.2, -0.15) is 0 Å². The van der Waals surface area contributed by atoms with Crippen molar-refractivity contribution < 1.29 is 9.84 Å². The van der Waals surface area contributed by atoms with E-state index in [0.717, 1.165) is 30.3 Å². The van der Waals surface area contributed by atoms with Gasteiger partial charge >= 0.3 is 0 Å². The molecule has 90 valence electrons. The Morgan fingerprint density at radius 3 is 2.88 bits per heavy atom. The smallest absolute Gasteiger partial charge is 0.0462 e. The maximum absolute atomic E-state index is 9.30. The van der Waals surface area contributed by atoms with E-state index in [4.69, 9.17) is 4.74 Å². The van der Waals surface area contributed by atoms with Crippen LogP contribution in [0.3, 0.4) is 0 Å². The van der Waals surface area contributed by atoms with E-state index < -0.39 is 0 Å². The van der Waals surface area contributed by atoms with Crippen LogP contribution in [0.25, 0.3) is 0 Å². The zero-order chi connectivity index (χ0) is 11.8. The van der Waals surface area contributed by atoms with E-state index in [-0.39, 0.29) is 6.61 Å². The van der Waals surface area contributed by atoms with E-state index in [1.54, 1.807) is 7.11 Å². The van der Waals surface area contributed by atoms with Crippen molar-refractivity contribution in [2.24, 2.45) is 5.92 Å². The molecule has 0 heterocycles. The monoisotopic (exact) mass is 286 g/mol. The molecule has 0 radical (unpaired) electrons. The summed E-state index contributed by atoms with van der Waals surface area (Å²) in [5, 5.41) is 9.30. The molecule has 0 aromatic heterocycles. The average molecular weight is 287 g/mol. The number of halogens is 1. The van der Waals surface area contributed by atoms with Gasteiger partial charge in [-0.3, -0.25) is 0 Å². The highest BCUT2D eigenvalue weighted by atomic mass is 79.9. The fourth-order valence-corrected chi connectivity index (χ4v) is 2.22. The zero-order valence-corrected chi connectivity index (χ0v) is 11.2. The largest absolute Gasteiger partial charge is 0.396 e. The van der Waals surface area contributed by atoms with Crippen LogP contribution in [0.5, 0.6) is 0 Å². The van der Waals surface area contributed by atoms with Crippen LogP contribution >= 0.6 is 15.9 Å². The number of rotatable bonds is 7. The molecule has 1 aromatic carbocycles. The molecule has 0 bridgehead atoms. The molecule has 0 spiro atoms. The first-order chi connectivity index (χ1) is 7.76. The minimum Gasteiger partial charge on any atom is -0.396 e. The van der Waals surface area contributed by atoms with E-state index in [1.165, 1.54) is 5.56 Å². The second-order valence-electron chi connectivity index (χ2n) is 4.02. The normalized spacial score (nSPS) is 12.7. The standard InChI is InChI=1S/C13H19BrO2/c1-16-7-3-5-12(10-15)8-11-4-2-6-13(14)9-11/h2,4,6,9,12,15H,3,5,7-8,10H2,1H3. The third-order valence-electron chi connectivity index (χ3n) is 2.63. The van der Waals surface area contributed by atoms with E-state index in [1.807, 2.05) is 12.1 Å². The van der Waals surface area contributed by atoms with Crippen LogP contribution in [0.1, 0.15) is 18.4 Å². The van der Waals surface area contributed by atoms with Crippen molar-refractivity contribution in [1.82, 2.24) is 0 Å². The molecule has 0 amide bonds. The number of hydrogen-bond acceptors (Lipinski definition) is 2. The molecule has 1 unspecified atom stereocenters. The zero-order valence-electron chi connectivity index (χ0n) is 9.66. The van der Waals surface area contributed by atoms with Crippen LogP contribution in [0.15, 0.2) is 28.7 Å². The topological polar surface area (TPSA) is 29.5 Å². The van der Waals surface area contributed by atoms with Gasteiger partial charge in [0.1, 0.15) is 0 Å². The Bertz CT molecular complexity index is 302. The molecular formula is C13H19BrO2. The van der Waals surface area contributed by atoms with Gasteiger partial charge in [-0.25, -0.2) is 0 Å². The van der Waals surface area contributed by atoms with Gasteiger partial charge in [0.2, 0.25) is 0 Å². The average Bonchev–Trinajstić information content (AvgIpc) is 2.28. The van der Waals surface area contributed by atoms with Crippen molar-refractivity contribution in [1.29, 1.82) is 0 Å². The summed E-state index contributed by atoms with van der Waals surface area (Å²) < 4.78 is 6.11. The highest BCUT2D eigenvalue weighted by Crippen LogP contribution is 2.17. The first kappa shape index (κ1) is 13.7. The van der Waals surface area contributed by atoms with Gasteiger partial charge in [-0.05, 0) is 42.9 Å². The van der Waals surface area contributed by atoms with Crippen molar-refractivity contribution in [3.05, 3.63) is 34.3 Å². The second kappa shape index (κ2) is 7.82. The van der Waals surface area contributed by atoms with Gasteiger partial charge in [-0.15, -0.1) is 0 Å². The first-order valence-corrected chi connectivity index (χ1v) is 6.39. The summed E-state index contributed by atoms with van der Waals surface area (Å²) in [6, 6.07) is 8.26. The third-order valence-corrected chi connectivity index (χ3v) is 3.13. The molecule has 1 rings (SSSR count). The van der Waals surface area contributed by atoms with Gasteiger partial charge < -0.3 is 9.84 Å². The molecule has 0 saturated carbocycles. The minimum atomic E-state index is 0.246. The Hall–Kier alpha value is -0.380. The Morgan fingerprint density at radius 1 is 1.44 bits per heavy atom. The van der Waals surface area contributed by atoms with Crippen LogP contribution in [0, 0.1) is 5.92 Å². The second-order valence-corrected chi connectivity index (χ2v) is 4.93. The highest BCUT2D eigenvalue weighted by Gasteiger charge is 2.08. The molecule has 0 aliphatic rings. The van der Waals surface area contributed by atoms with Gasteiger partial charge in [0.25, 0.3) is 0 Å². The molecule has 0 aliphatic carbocycles. The number of aliphatic hydroxyl groups excluding tert-OH is 1. The predicted molar refractivity (Wildman–Crippen MR) is 69.5 cm³/mol. The van der Waals surface area contributed by atoms with E-state index >= 15 is 0 Å². The maximum Gasteiger partial charge on any atom is 0.0462 e. The molecular weight excluding hydrogens is 268 g/mol. The van der Waals surface area contributed by atoms with E-state index in [0.29, 0.717) is 5.92 Å². The van der Waals surface area contributed by atoms with Crippen LogP contribution in [0.2, 0.25) is 0 Å². The molecule has 16 heavy (non-hydrogen) atoms. The molecule has 1 aromatic rings. The molecule has 2 nitrogen and oxygen atoms in total. The lowest BCUT2D eigenvalue weighted by Gasteiger charge is -2.14. The number of aliphatic hydroxyl groups is 1. The van der Waals surface area contributed by atoms with Crippen molar-refractivity contribution in [3.63, 3.8) is 0 Å². The van der Waals surface area contributed by atoms with Gasteiger partial charge in [0.15, 0.2) is 0 Å². The summed E-state index contributed by atoms with van der Waals surface area (Å²) in [5.74, 6) is 0.337. The fraction of sp³-hybridized carbons (Fsp3) is 0.538. The van der Waals surface area contributed by atoms with E-state index in [2.05, 4.69) is 28.1 Å². The fourth-order valence-electron chi connectivity index (χ4n) is 1.77. The minimum absolute atomic E-state index is 0.246. The highest BCUT2D eigenvalue weighted by molar-refractivity contribution is 9.10. The van der Waals surface area contributed by atoms with Crippen LogP contribution in [0.4, 0.5) is 0 Å². The number of ether oxygens (including phenoxy) is 1. The predicted octanol–water partition coefficient (Wildman–Crippen LogP) is 3.03. The Labute approximate surface area is 106 Å². The van der Waals surface area contributed by atoms with Crippen molar-refractivity contribution in [3.8, 4) is 0 Å². The lowest BCUT2D eigenvalue weighted by Crippen LogP contribution is -2.10. The Kier molecular flexibility index (Phi) is 6.69. The third kappa shape index (κ3) is 5.10. The summed E-state index contributed by atoms with van der Waals surface area (Å²) >= 11 is 3.46. The SMILES string of the molecule is COCCCC(CO)Cc1cccc(Br)c1. The van der Waals surface area contributed by atoms with Crippen molar-refractivity contribution in [2.45, 2.75) is 19.3 Å². The summed E-state index contributed by atoms with van der Waals surface area (Å²) in [7, 11) is 1.71. The number of benzene rings is 1. The summed E-state index contributed by atoms with van der Waals surface area (Å²) in [4.78, 5) is 0. The molecule has 1 atom stereocenters. The number of methoxy groups -OCH3 is 1. The van der Waals surface area contributed by atoms with E-state index in [9.17, 15) is 5.11 Å². The quantitative estimate of drug-likeness (QED) is 0.781. The molecule has 1 N–H and O–H groups in total. The molecule has 0 aliphatic heterocycles. The molecule has 0 fully saturated rings. The molecule has 3 heteroatoms. The maximum atomic E-state index is 9.30.